The molecule has 0 unspecified atom stereocenters. The van der Waals surface area contributed by atoms with Crippen molar-refractivity contribution in [2.75, 3.05) is 13.2 Å². The van der Waals surface area contributed by atoms with Crippen molar-refractivity contribution in [2.24, 2.45) is 5.41 Å². The van der Waals surface area contributed by atoms with E-state index < -0.39 is 5.97 Å². The van der Waals surface area contributed by atoms with Crippen molar-refractivity contribution in [1.29, 1.82) is 0 Å². The van der Waals surface area contributed by atoms with Crippen LogP contribution in [0.1, 0.15) is 36.4 Å². The van der Waals surface area contributed by atoms with E-state index in [9.17, 15) is 4.79 Å². The predicted molar refractivity (Wildman–Crippen MR) is 77.5 cm³/mol. The Balaban J connectivity index is 2.32. The number of carboxylic acids is 1. The second-order valence-corrected chi connectivity index (χ2v) is 6.79. The lowest BCUT2D eigenvalue weighted by Gasteiger charge is -2.24. The highest BCUT2D eigenvalue weighted by molar-refractivity contribution is 7.12. The molecule has 1 rings (SSSR count). The van der Waals surface area contributed by atoms with Crippen LogP contribution in [-0.2, 0) is 17.8 Å². The third-order valence-corrected chi connectivity index (χ3v) is 4.04. The summed E-state index contributed by atoms with van der Waals surface area (Å²) in [7, 11) is 0. The van der Waals surface area contributed by atoms with Gasteiger partial charge in [0.1, 0.15) is 0 Å². The predicted octanol–water partition coefficient (Wildman–Crippen LogP) is 2.26. The number of hydrogen-bond acceptors (Lipinski definition) is 4. The quantitative estimate of drug-likeness (QED) is 0.651. The van der Waals surface area contributed by atoms with E-state index in [4.69, 9.17) is 10.2 Å². The molecule has 0 aliphatic heterocycles. The first kappa shape index (κ1) is 16.1. The first-order valence-electron chi connectivity index (χ1n) is 6.54. The number of aliphatic carboxylic acids is 1. The number of thiophene rings is 1. The molecule has 3 N–H and O–H groups in total. The van der Waals surface area contributed by atoms with Crippen molar-refractivity contribution in [3.05, 3.63) is 21.9 Å². The molecule has 0 fully saturated rings. The monoisotopic (exact) mass is 285 g/mol. The van der Waals surface area contributed by atoms with Gasteiger partial charge in [-0.3, -0.25) is 4.79 Å². The van der Waals surface area contributed by atoms with Crippen LogP contribution in [0.4, 0.5) is 0 Å². The van der Waals surface area contributed by atoms with Crippen LogP contribution in [0.2, 0.25) is 0 Å². The number of carbonyl (C=O) groups is 1. The lowest BCUT2D eigenvalue weighted by atomic mass is 9.88. The summed E-state index contributed by atoms with van der Waals surface area (Å²) in [5.74, 6) is -0.786. The number of rotatable bonds is 9. The smallest absolute Gasteiger partial charge is 0.308 e. The molecule has 19 heavy (non-hydrogen) atoms. The van der Waals surface area contributed by atoms with E-state index in [1.54, 1.807) is 11.3 Å². The zero-order chi connectivity index (χ0) is 14.3. The molecule has 1 aromatic rings. The highest BCUT2D eigenvalue weighted by Gasteiger charge is 2.16. The van der Waals surface area contributed by atoms with Gasteiger partial charge < -0.3 is 15.5 Å². The topological polar surface area (TPSA) is 69.6 Å². The lowest BCUT2D eigenvalue weighted by molar-refractivity contribution is -0.136. The first-order chi connectivity index (χ1) is 8.93. The molecule has 0 aromatic carbocycles. The van der Waals surface area contributed by atoms with Crippen LogP contribution in [0.25, 0.3) is 0 Å². The summed E-state index contributed by atoms with van der Waals surface area (Å²) in [6.07, 6.45) is 1.92. The van der Waals surface area contributed by atoms with Crippen LogP contribution in [0.3, 0.4) is 0 Å². The minimum absolute atomic E-state index is 0.104. The van der Waals surface area contributed by atoms with Crippen LogP contribution >= 0.6 is 11.3 Å². The van der Waals surface area contributed by atoms with E-state index in [-0.39, 0.29) is 18.4 Å². The van der Waals surface area contributed by atoms with E-state index in [0.29, 0.717) is 0 Å². The fourth-order valence-corrected chi connectivity index (χ4v) is 2.91. The molecule has 0 bridgehead atoms. The van der Waals surface area contributed by atoms with E-state index in [1.807, 2.05) is 12.1 Å². The molecule has 0 aliphatic rings. The van der Waals surface area contributed by atoms with Crippen molar-refractivity contribution >= 4 is 17.3 Å². The van der Waals surface area contributed by atoms with E-state index in [1.165, 1.54) is 0 Å². The summed E-state index contributed by atoms with van der Waals surface area (Å²) in [6, 6.07) is 3.86. The molecule has 0 spiro atoms. The third-order valence-electron chi connectivity index (χ3n) is 2.96. The van der Waals surface area contributed by atoms with E-state index >= 15 is 0 Å². The van der Waals surface area contributed by atoms with E-state index in [2.05, 4.69) is 19.2 Å². The summed E-state index contributed by atoms with van der Waals surface area (Å²) >= 11 is 1.55. The maximum atomic E-state index is 10.6. The Morgan fingerprint density at radius 3 is 2.68 bits per heavy atom. The Bertz CT molecular complexity index is 401. The standard InChI is InChI=1S/C14H23NO3S/c1-14(2,6-3-7-16)10-15-9-12-5-4-11(19-12)8-13(17)18/h4-5,15-16H,3,6-10H2,1-2H3,(H,17,18). The van der Waals surface area contributed by atoms with Crippen LogP contribution in [-0.4, -0.2) is 29.3 Å². The van der Waals surface area contributed by atoms with E-state index in [0.717, 1.165) is 35.7 Å². The van der Waals surface area contributed by atoms with Crippen molar-refractivity contribution in [3.8, 4) is 0 Å². The molecule has 4 nitrogen and oxygen atoms in total. The fraction of sp³-hybridized carbons (Fsp3) is 0.643. The van der Waals surface area contributed by atoms with Crippen LogP contribution in [0.5, 0.6) is 0 Å². The number of hydrogen-bond donors (Lipinski definition) is 3. The van der Waals surface area contributed by atoms with Gasteiger partial charge in [0, 0.05) is 29.5 Å². The highest BCUT2D eigenvalue weighted by Crippen LogP contribution is 2.22. The van der Waals surface area contributed by atoms with Crippen LogP contribution in [0, 0.1) is 5.41 Å². The fourth-order valence-electron chi connectivity index (χ4n) is 1.93. The van der Waals surface area contributed by atoms with Gasteiger partial charge in [0.2, 0.25) is 0 Å². The number of carboxylic acid groups (broad SMARTS) is 1. The van der Waals surface area contributed by atoms with Crippen molar-refractivity contribution in [3.63, 3.8) is 0 Å². The summed E-state index contributed by atoms with van der Waals surface area (Å²) in [6.45, 7) is 6.26. The normalized spacial score (nSPS) is 11.7. The Hall–Kier alpha value is -0.910. The summed E-state index contributed by atoms with van der Waals surface area (Å²) in [5.41, 5.74) is 0.171. The molecule has 5 heteroatoms. The van der Waals surface area contributed by atoms with Crippen molar-refractivity contribution in [2.45, 2.75) is 39.7 Å². The molecule has 0 radical (unpaired) electrons. The van der Waals surface area contributed by atoms with Crippen LogP contribution < -0.4 is 5.32 Å². The summed E-state index contributed by atoms with van der Waals surface area (Å²) in [5, 5.41) is 21.0. The zero-order valence-electron chi connectivity index (χ0n) is 11.6. The lowest BCUT2D eigenvalue weighted by Crippen LogP contribution is -2.29. The van der Waals surface area contributed by atoms with Crippen molar-refractivity contribution in [1.82, 2.24) is 5.32 Å². The maximum Gasteiger partial charge on any atom is 0.308 e. The largest absolute Gasteiger partial charge is 0.481 e. The minimum Gasteiger partial charge on any atom is -0.481 e. The van der Waals surface area contributed by atoms with Gasteiger partial charge in [0.25, 0.3) is 0 Å². The number of aliphatic hydroxyl groups is 1. The van der Waals surface area contributed by atoms with Gasteiger partial charge in [-0.2, -0.15) is 0 Å². The molecule has 108 valence electrons. The molecule has 0 atom stereocenters. The van der Waals surface area contributed by atoms with Crippen molar-refractivity contribution < 1.29 is 15.0 Å². The molecule has 0 saturated heterocycles. The first-order valence-corrected chi connectivity index (χ1v) is 7.35. The second-order valence-electron chi connectivity index (χ2n) is 5.53. The molecule has 0 aliphatic carbocycles. The van der Waals surface area contributed by atoms with Gasteiger partial charge in [-0.05, 0) is 30.4 Å². The minimum atomic E-state index is -0.786. The molecule has 0 amide bonds. The average Bonchev–Trinajstić information content (AvgIpc) is 2.73. The van der Waals surface area contributed by atoms with Gasteiger partial charge in [-0.1, -0.05) is 13.8 Å². The second kappa shape index (κ2) is 7.62. The highest BCUT2D eigenvalue weighted by atomic mass is 32.1. The SMILES string of the molecule is CC(C)(CCCO)CNCc1ccc(CC(=O)O)s1. The molecular formula is C14H23NO3S. The summed E-state index contributed by atoms with van der Waals surface area (Å²) < 4.78 is 0. The Morgan fingerprint density at radius 2 is 2.05 bits per heavy atom. The van der Waals surface area contributed by atoms with Crippen LogP contribution in [0.15, 0.2) is 12.1 Å². The molecular weight excluding hydrogens is 262 g/mol. The van der Waals surface area contributed by atoms with Gasteiger partial charge in [0.05, 0.1) is 6.42 Å². The van der Waals surface area contributed by atoms with Gasteiger partial charge in [0.15, 0.2) is 0 Å². The third kappa shape index (κ3) is 6.71. The van der Waals surface area contributed by atoms with Gasteiger partial charge >= 0.3 is 5.97 Å². The average molecular weight is 285 g/mol. The molecule has 1 heterocycles. The van der Waals surface area contributed by atoms with Gasteiger partial charge in [-0.15, -0.1) is 11.3 Å². The summed E-state index contributed by atoms with van der Waals surface area (Å²) in [4.78, 5) is 12.6. The molecule has 0 saturated carbocycles. The Labute approximate surface area is 118 Å². The Morgan fingerprint density at radius 1 is 1.37 bits per heavy atom. The number of aliphatic hydroxyl groups excluding tert-OH is 1. The molecule has 1 aromatic heterocycles. The maximum absolute atomic E-state index is 10.6. The Kier molecular flexibility index (Phi) is 6.48. The van der Waals surface area contributed by atoms with Gasteiger partial charge in [-0.25, -0.2) is 0 Å². The number of nitrogens with one attached hydrogen (secondary N) is 1. The zero-order valence-corrected chi connectivity index (χ0v) is 12.4.